The van der Waals surface area contributed by atoms with Gasteiger partial charge < -0.3 is 15.5 Å². The molecule has 1 saturated carbocycles. The minimum atomic E-state index is -0.315. The maximum atomic E-state index is 13.8. The summed E-state index contributed by atoms with van der Waals surface area (Å²) in [5, 5.41) is 3.08. The van der Waals surface area contributed by atoms with Gasteiger partial charge in [0.15, 0.2) is 0 Å². The average Bonchev–Trinajstić information content (AvgIpc) is 3.22. The predicted molar refractivity (Wildman–Crippen MR) is 90.7 cm³/mol. The van der Waals surface area contributed by atoms with E-state index in [1.165, 1.54) is 6.07 Å². The highest BCUT2D eigenvalue weighted by molar-refractivity contribution is 5.76. The Hall–Kier alpha value is -2.14. The number of amides is 1. The fourth-order valence-corrected chi connectivity index (χ4v) is 3.34. The molecule has 0 radical (unpaired) electrons. The Morgan fingerprint density at radius 2 is 2.08 bits per heavy atom. The van der Waals surface area contributed by atoms with Gasteiger partial charge in [0.05, 0.1) is 5.56 Å². The minimum absolute atomic E-state index is 0.0178. The number of aryl methyl sites for hydroxylation is 1. The molecule has 1 aromatic carbocycles. The first-order valence-electron chi connectivity index (χ1n) is 8.50. The molecule has 0 spiro atoms. The van der Waals surface area contributed by atoms with Gasteiger partial charge in [0.2, 0.25) is 5.91 Å². The van der Waals surface area contributed by atoms with Crippen LogP contribution >= 0.6 is 0 Å². The maximum Gasteiger partial charge on any atom is 0.220 e. The third-order valence-electron chi connectivity index (χ3n) is 4.71. The lowest BCUT2D eigenvalue weighted by Gasteiger charge is -2.19. The summed E-state index contributed by atoms with van der Waals surface area (Å²) in [5.74, 6) is 1.27. The molecule has 1 fully saturated rings. The van der Waals surface area contributed by atoms with Crippen molar-refractivity contribution in [3.63, 3.8) is 0 Å². The van der Waals surface area contributed by atoms with Crippen molar-refractivity contribution in [2.45, 2.75) is 38.1 Å². The van der Waals surface area contributed by atoms with Crippen LogP contribution in [0.2, 0.25) is 0 Å². The molecule has 1 aromatic heterocycles. The summed E-state index contributed by atoms with van der Waals surface area (Å²) in [5.41, 5.74) is 6.17. The summed E-state index contributed by atoms with van der Waals surface area (Å²) in [6.07, 6.45) is 4.08. The number of carbonyl (C=O) groups excluding carboxylic acids is 1. The second-order valence-corrected chi connectivity index (χ2v) is 6.35. The van der Waals surface area contributed by atoms with E-state index in [4.69, 9.17) is 10.2 Å². The molecule has 2 aromatic rings. The van der Waals surface area contributed by atoms with Gasteiger partial charge in [-0.3, -0.25) is 4.79 Å². The molecule has 1 aliphatic carbocycles. The highest BCUT2D eigenvalue weighted by atomic mass is 19.1. The molecular weight excluding hydrogens is 307 g/mol. The predicted octanol–water partition coefficient (Wildman–Crippen LogP) is 3.26. The number of furan rings is 1. The normalized spacial score (nSPS) is 20.2. The van der Waals surface area contributed by atoms with E-state index in [1.807, 2.05) is 0 Å². The molecule has 3 N–H and O–H groups in total. The summed E-state index contributed by atoms with van der Waals surface area (Å²) in [4.78, 5) is 12.1. The Kier molecular flexibility index (Phi) is 5.30. The number of nitrogens with two attached hydrogens (primary N) is 1. The lowest BCUT2D eigenvalue weighted by molar-refractivity contribution is -0.122. The zero-order valence-corrected chi connectivity index (χ0v) is 13.6. The fraction of sp³-hybridized carbons (Fsp3) is 0.421. The van der Waals surface area contributed by atoms with Crippen LogP contribution in [0.3, 0.4) is 0 Å². The van der Waals surface area contributed by atoms with Gasteiger partial charge in [-0.15, -0.1) is 0 Å². The molecular formula is C19H23FN2O2. The summed E-state index contributed by atoms with van der Waals surface area (Å²) in [7, 11) is 0. The number of hydrogen-bond acceptors (Lipinski definition) is 3. The van der Waals surface area contributed by atoms with Crippen molar-refractivity contribution in [3.8, 4) is 11.3 Å². The topological polar surface area (TPSA) is 68.3 Å². The first-order chi connectivity index (χ1) is 11.7. The fourth-order valence-electron chi connectivity index (χ4n) is 3.34. The van der Waals surface area contributed by atoms with E-state index < -0.39 is 0 Å². The molecule has 0 aliphatic heterocycles. The van der Waals surface area contributed by atoms with Crippen molar-refractivity contribution in [2.24, 2.45) is 11.7 Å². The standard InChI is InChI=1S/C19H23FN2O2/c20-16-6-2-1-5-15(16)18-10-8-14(24-18)9-11-19(23)22-17-7-3-4-13(17)12-21/h1-2,5-6,8,10,13,17H,3-4,7,9,11-12,21H2,(H,22,23). The van der Waals surface area contributed by atoms with Crippen molar-refractivity contribution in [1.82, 2.24) is 5.32 Å². The third kappa shape index (κ3) is 3.85. The second-order valence-electron chi connectivity index (χ2n) is 6.35. The van der Waals surface area contributed by atoms with E-state index in [1.54, 1.807) is 30.3 Å². The van der Waals surface area contributed by atoms with Gasteiger partial charge >= 0.3 is 0 Å². The molecule has 24 heavy (non-hydrogen) atoms. The zero-order valence-electron chi connectivity index (χ0n) is 13.6. The number of benzene rings is 1. The van der Waals surface area contributed by atoms with Crippen LogP contribution in [0.1, 0.15) is 31.4 Å². The van der Waals surface area contributed by atoms with Crippen molar-refractivity contribution < 1.29 is 13.6 Å². The molecule has 0 saturated heterocycles. The summed E-state index contributed by atoms with van der Waals surface area (Å²) < 4.78 is 19.4. The number of nitrogens with one attached hydrogen (secondary N) is 1. The SMILES string of the molecule is NCC1CCCC1NC(=O)CCc1ccc(-c2ccccc2F)o1. The van der Waals surface area contributed by atoms with Gasteiger partial charge in [0, 0.05) is 18.9 Å². The Balaban J connectivity index is 1.54. The summed E-state index contributed by atoms with van der Waals surface area (Å²) in [6, 6.07) is 10.2. The zero-order chi connectivity index (χ0) is 16.9. The molecule has 1 aliphatic rings. The molecule has 3 rings (SSSR count). The van der Waals surface area contributed by atoms with Crippen molar-refractivity contribution in [1.29, 1.82) is 0 Å². The number of halogens is 1. The van der Waals surface area contributed by atoms with Crippen LogP contribution in [-0.2, 0) is 11.2 Å². The van der Waals surface area contributed by atoms with Crippen molar-refractivity contribution in [2.75, 3.05) is 6.54 Å². The number of hydrogen-bond donors (Lipinski definition) is 2. The highest BCUT2D eigenvalue weighted by Crippen LogP contribution is 2.26. The van der Waals surface area contributed by atoms with Crippen LogP contribution in [0, 0.1) is 11.7 Å². The van der Waals surface area contributed by atoms with E-state index in [-0.39, 0.29) is 17.8 Å². The van der Waals surface area contributed by atoms with Crippen molar-refractivity contribution in [3.05, 3.63) is 48.0 Å². The molecule has 0 bridgehead atoms. The molecule has 2 atom stereocenters. The van der Waals surface area contributed by atoms with Crippen LogP contribution in [-0.4, -0.2) is 18.5 Å². The Labute approximate surface area is 141 Å². The van der Waals surface area contributed by atoms with Crippen molar-refractivity contribution >= 4 is 5.91 Å². The monoisotopic (exact) mass is 330 g/mol. The van der Waals surface area contributed by atoms with Gasteiger partial charge in [0.25, 0.3) is 0 Å². The van der Waals surface area contributed by atoms with Crippen LogP contribution in [0.25, 0.3) is 11.3 Å². The molecule has 1 amide bonds. The molecule has 128 valence electrons. The van der Waals surface area contributed by atoms with E-state index >= 15 is 0 Å². The summed E-state index contributed by atoms with van der Waals surface area (Å²) >= 11 is 0. The minimum Gasteiger partial charge on any atom is -0.461 e. The molecule has 5 heteroatoms. The first-order valence-corrected chi connectivity index (χ1v) is 8.50. The lowest BCUT2D eigenvalue weighted by Crippen LogP contribution is -2.39. The maximum absolute atomic E-state index is 13.8. The van der Waals surface area contributed by atoms with Gasteiger partial charge in [0.1, 0.15) is 17.3 Å². The summed E-state index contributed by atoms with van der Waals surface area (Å²) in [6.45, 7) is 0.620. The average molecular weight is 330 g/mol. The van der Waals surface area contributed by atoms with Crippen LogP contribution in [0.15, 0.2) is 40.8 Å². The number of rotatable bonds is 6. The third-order valence-corrected chi connectivity index (χ3v) is 4.71. The van der Waals surface area contributed by atoms with Crippen LogP contribution in [0.5, 0.6) is 0 Å². The first kappa shape index (κ1) is 16.7. The van der Waals surface area contributed by atoms with Gasteiger partial charge in [-0.05, 0) is 49.6 Å². The quantitative estimate of drug-likeness (QED) is 0.854. The Morgan fingerprint density at radius 1 is 1.25 bits per heavy atom. The van der Waals surface area contributed by atoms with E-state index in [2.05, 4.69) is 5.32 Å². The van der Waals surface area contributed by atoms with E-state index in [9.17, 15) is 9.18 Å². The van der Waals surface area contributed by atoms with Crippen LogP contribution in [0.4, 0.5) is 4.39 Å². The molecule has 4 nitrogen and oxygen atoms in total. The largest absolute Gasteiger partial charge is 0.461 e. The molecule has 2 unspecified atom stereocenters. The van der Waals surface area contributed by atoms with Gasteiger partial charge in [-0.1, -0.05) is 18.6 Å². The van der Waals surface area contributed by atoms with Crippen LogP contribution < -0.4 is 11.1 Å². The molecule has 1 heterocycles. The Morgan fingerprint density at radius 3 is 2.88 bits per heavy atom. The number of carbonyl (C=O) groups is 1. The lowest BCUT2D eigenvalue weighted by atomic mass is 10.0. The van der Waals surface area contributed by atoms with E-state index in [0.29, 0.717) is 42.4 Å². The van der Waals surface area contributed by atoms with Gasteiger partial charge in [-0.2, -0.15) is 0 Å². The van der Waals surface area contributed by atoms with E-state index in [0.717, 1.165) is 19.3 Å². The smallest absolute Gasteiger partial charge is 0.220 e. The Bertz CT molecular complexity index is 698. The highest BCUT2D eigenvalue weighted by Gasteiger charge is 2.27. The second kappa shape index (κ2) is 7.62. The van der Waals surface area contributed by atoms with Gasteiger partial charge in [-0.25, -0.2) is 4.39 Å².